The van der Waals surface area contributed by atoms with Crippen molar-refractivity contribution in [3.05, 3.63) is 84.4 Å². The third-order valence-corrected chi connectivity index (χ3v) is 6.01. The summed E-state index contributed by atoms with van der Waals surface area (Å²) in [5, 5.41) is 7.46. The van der Waals surface area contributed by atoms with E-state index in [-0.39, 0.29) is 5.54 Å². The van der Waals surface area contributed by atoms with Gasteiger partial charge in [0.25, 0.3) is 0 Å². The van der Waals surface area contributed by atoms with Gasteiger partial charge in [0.05, 0.1) is 23.5 Å². The van der Waals surface area contributed by atoms with Crippen LogP contribution in [-0.2, 0) is 6.54 Å². The van der Waals surface area contributed by atoms with Crippen LogP contribution in [0.4, 0.5) is 11.4 Å². The predicted molar refractivity (Wildman–Crippen MR) is 124 cm³/mol. The van der Waals surface area contributed by atoms with E-state index in [1.165, 1.54) is 24.9 Å². The summed E-state index contributed by atoms with van der Waals surface area (Å²) in [6, 6.07) is 26.5. The molecule has 2 aliphatic rings. The molecule has 4 nitrogen and oxygen atoms in total. The summed E-state index contributed by atoms with van der Waals surface area (Å²) < 4.78 is 5.99. The van der Waals surface area contributed by atoms with Crippen molar-refractivity contribution in [3.8, 4) is 11.5 Å². The smallest absolute Gasteiger partial charge is 0.127 e. The number of ether oxygens (including phenoxy) is 1. The average Bonchev–Trinajstić information content (AvgIpc) is 2.79. The number of aliphatic imine (C=N–C) groups is 1. The predicted octanol–water partition coefficient (Wildman–Crippen LogP) is 6.62. The van der Waals surface area contributed by atoms with Gasteiger partial charge >= 0.3 is 0 Å². The number of benzene rings is 3. The molecule has 1 aliphatic heterocycles. The Kier molecular flexibility index (Phi) is 5.14. The summed E-state index contributed by atoms with van der Waals surface area (Å²) in [6.07, 6.45) is 6.00. The fraction of sp³-hybridized carbons (Fsp3) is 0.269. The van der Waals surface area contributed by atoms with Crippen LogP contribution in [0, 0.1) is 0 Å². The Labute approximate surface area is 178 Å². The third-order valence-electron chi connectivity index (χ3n) is 6.01. The van der Waals surface area contributed by atoms with Crippen LogP contribution in [0.5, 0.6) is 11.5 Å². The first-order valence-corrected chi connectivity index (χ1v) is 10.8. The van der Waals surface area contributed by atoms with E-state index in [2.05, 4.69) is 47.0 Å². The van der Waals surface area contributed by atoms with Crippen molar-refractivity contribution < 1.29 is 4.74 Å². The minimum Gasteiger partial charge on any atom is -0.457 e. The lowest BCUT2D eigenvalue weighted by Crippen LogP contribution is -2.53. The largest absolute Gasteiger partial charge is 0.457 e. The standard InChI is InChI=1S/C26H27N3O/c1-3-11-21(12-4-1)30-22-13-9-10-20(18-22)19-27-25-26(16-7-2-8-17-26)29-24-15-6-5-14-23(24)28-25/h1,3-6,9-15,18,29H,2,7-8,16-17,19H2,(H,27,28). The van der Waals surface area contributed by atoms with Crippen molar-refractivity contribution in [3.63, 3.8) is 0 Å². The highest BCUT2D eigenvalue weighted by atomic mass is 16.5. The van der Waals surface area contributed by atoms with E-state index in [0.29, 0.717) is 6.54 Å². The molecule has 3 aromatic rings. The molecule has 152 valence electrons. The van der Waals surface area contributed by atoms with E-state index < -0.39 is 0 Å². The average molecular weight is 398 g/mol. The van der Waals surface area contributed by atoms with Gasteiger partial charge in [-0.3, -0.25) is 4.99 Å². The van der Waals surface area contributed by atoms with Crippen molar-refractivity contribution in [2.45, 2.75) is 44.2 Å². The van der Waals surface area contributed by atoms with E-state index in [9.17, 15) is 0 Å². The number of hydrogen-bond acceptors (Lipinski definition) is 3. The van der Waals surface area contributed by atoms with E-state index in [0.717, 1.165) is 41.4 Å². The molecule has 1 saturated carbocycles. The topological polar surface area (TPSA) is 45.6 Å². The van der Waals surface area contributed by atoms with Gasteiger partial charge < -0.3 is 15.4 Å². The normalized spacial score (nSPS) is 18.3. The Morgan fingerprint density at radius 3 is 2.33 bits per heavy atom. The summed E-state index contributed by atoms with van der Waals surface area (Å²) in [4.78, 5) is 5.06. The van der Waals surface area contributed by atoms with Crippen LogP contribution in [0.2, 0.25) is 0 Å². The second-order valence-corrected chi connectivity index (χ2v) is 8.17. The van der Waals surface area contributed by atoms with Crippen molar-refractivity contribution in [1.29, 1.82) is 0 Å². The number of nitrogens with one attached hydrogen (secondary N) is 2. The van der Waals surface area contributed by atoms with E-state index in [1.807, 2.05) is 42.5 Å². The molecular weight excluding hydrogens is 370 g/mol. The summed E-state index contributed by atoms with van der Waals surface area (Å²) in [6.45, 7) is 0.625. The van der Waals surface area contributed by atoms with Crippen LogP contribution >= 0.6 is 0 Å². The lowest BCUT2D eigenvalue weighted by atomic mass is 9.79. The number of fused-ring (bicyclic) bond motifs is 1. The number of hydrogen-bond donors (Lipinski definition) is 2. The third kappa shape index (κ3) is 3.90. The Morgan fingerprint density at radius 2 is 1.50 bits per heavy atom. The molecule has 2 N–H and O–H groups in total. The number of rotatable bonds is 4. The maximum Gasteiger partial charge on any atom is 0.127 e. The van der Waals surface area contributed by atoms with Gasteiger partial charge in [-0.1, -0.05) is 61.7 Å². The summed E-state index contributed by atoms with van der Waals surface area (Å²) in [5.74, 6) is 2.75. The van der Waals surface area contributed by atoms with Crippen LogP contribution in [0.1, 0.15) is 37.7 Å². The highest BCUT2D eigenvalue weighted by Crippen LogP contribution is 2.39. The molecular formula is C26H27N3O. The van der Waals surface area contributed by atoms with E-state index in [4.69, 9.17) is 9.73 Å². The van der Waals surface area contributed by atoms with Gasteiger partial charge in [0.15, 0.2) is 0 Å². The fourth-order valence-electron chi connectivity index (χ4n) is 4.48. The summed E-state index contributed by atoms with van der Waals surface area (Å²) >= 11 is 0. The fourth-order valence-corrected chi connectivity index (χ4v) is 4.48. The van der Waals surface area contributed by atoms with Crippen molar-refractivity contribution in [1.82, 2.24) is 0 Å². The van der Waals surface area contributed by atoms with E-state index >= 15 is 0 Å². The van der Waals surface area contributed by atoms with Crippen molar-refractivity contribution in [2.75, 3.05) is 10.6 Å². The first kappa shape index (κ1) is 18.7. The lowest BCUT2D eigenvalue weighted by Gasteiger charge is -2.44. The molecule has 0 amide bonds. The zero-order chi connectivity index (χ0) is 20.2. The molecule has 0 atom stereocenters. The molecule has 30 heavy (non-hydrogen) atoms. The minimum absolute atomic E-state index is 0.0786. The second-order valence-electron chi connectivity index (χ2n) is 8.17. The SMILES string of the molecule is c1ccc(Oc2cccc(CN=C3Nc4ccccc4NC34CCCCC4)c2)cc1. The molecule has 1 spiro atoms. The Balaban J connectivity index is 1.39. The Hall–Kier alpha value is -3.27. The van der Waals surface area contributed by atoms with Crippen molar-refractivity contribution in [2.24, 2.45) is 4.99 Å². The van der Waals surface area contributed by atoms with Crippen LogP contribution < -0.4 is 15.4 Å². The number of anilines is 2. The highest BCUT2D eigenvalue weighted by Gasteiger charge is 2.40. The molecule has 0 radical (unpaired) electrons. The Bertz CT molecular complexity index is 1040. The first-order chi connectivity index (χ1) is 14.8. The molecule has 5 rings (SSSR count). The zero-order valence-corrected chi connectivity index (χ0v) is 17.1. The van der Waals surface area contributed by atoms with Crippen LogP contribution in [0.15, 0.2) is 83.9 Å². The molecule has 3 aromatic carbocycles. The number of para-hydroxylation sites is 3. The van der Waals surface area contributed by atoms with Gasteiger partial charge in [0, 0.05) is 0 Å². The van der Waals surface area contributed by atoms with Gasteiger partial charge in [-0.25, -0.2) is 0 Å². The molecule has 0 saturated heterocycles. The maximum atomic E-state index is 5.99. The molecule has 1 aliphatic carbocycles. The summed E-state index contributed by atoms with van der Waals surface area (Å²) in [7, 11) is 0. The van der Waals surface area contributed by atoms with Gasteiger partial charge in [-0.05, 0) is 54.8 Å². The zero-order valence-electron chi connectivity index (χ0n) is 17.1. The van der Waals surface area contributed by atoms with Crippen LogP contribution in [-0.4, -0.2) is 11.4 Å². The number of nitrogens with zero attached hydrogens (tertiary/aromatic N) is 1. The highest BCUT2D eigenvalue weighted by molar-refractivity contribution is 6.09. The van der Waals surface area contributed by atoms with Gasteiger partial charge in [0.2, 0.25) is 0 Å². The van der Waals surface area contributed by atoms with Gasteiger partial charge in [-0.2, -0.15) is 0 Å². The molecule has 0 aromatic heterocycles. The lowest BCUT2D eigenvalue weighted by molar-refractivity contribution is 0.403. The molecule has 1 heterocycles. The molecule has 4 heteroatoms. The van der Waals surface area contributed by atoms with Crippen molar-refractivity contribution >= 4 is 17.2 Å². The van der Waals surface area contributed by atoms with Gasteiger partial charge in [0.1, 0.15) is 17.3 Å². The maximum absolute atomic E-state index is 5.99. The monoisotopic (exact) mass is 397 g/mol. The number of amidine groups is 1. The van der Waals surface area contributed by atoms with Crippen LogP contribution in [0.3, 0.4) is 0 Å². The second kappa shape index (κ2) is 8.23. The van der Waals surface area contributed by atoms with Gasteiger partial charge in [-0.15, -0.1) is 0 Å². The molecule has 0 unspecified atom stereocenters. The Morgan fingerprint density at radius 1 is 0.767 bits per heavy atom. The quantitative estimate of drug-likeness (QED) is 0.520. The van der Waals surface area contributed by atoms with E-state index in [1.54, 1.807) is 0 Å². The van der Waals surface area contributed by atoms with Crippen LogP contribution in [0.25, 0.3) is 0 Å². The first-order valence-electron chi connectivity index (χ1n) is 10.8. The molecule has 1 fully saturated rings. The summed E-state index contributed by atoms with van der Waals surface area (Å²) in [5.41, 5.74) is 3.35. The molecule has 0 bridgehead atoms. The minimum atomic E-state index is -0.0786.